The SMILES string of the molecule is CC(NC(=O)c1cccc(Cl)c1Cl)C(=O)NCCCS(=O)(=O)c1ccccc1. The molecule has 0 aliphatic rings. The Morgan fingerprint density at radius 3 is 2.39 bits per heavy atom. The predicted octanol–water partition coefficient (Wildman–Crippen LogP) is 3.09. The Kier molecular flexibility index (Phi) is 7.86. The van der Waals surface area contributed by atoms with Gasteiger partial charge < -0.3 is 10.6 Å². The summed E-state index contributed by atoms with van der Waals surface area (Å²) >= 11 is 11.9. The molecule has 6 nitrogen and oxygen atoms in total. The first-order valence-electron chi connectivity index (χ1n) is 8.53. The van der Waals surface area contributed by atoms with Gasteiger partial charge in [-0.3, -0.25) is 9.59 Å². The van der Waals surface area contributed by atoms with E-state index in [0.29, 0.717) is 0 Å². The maximum Gasteiger partial charge on any atom is 0.253 e. The topological polar surface area (TPSA) is 92.3 Å². The summed E-state index contributed by atoms with van der Waals surface area (Å²) in [5, 5.41) is 5.50. The van der Waals surface area contributed by atoms with Crippen LogP contribution in [0.15, 0.2) is 53.4 Å². The predicted molar refractivity (Wildman–Crippen MR) is 110 cm³/mol. The molecule has 0 aliphatic heterocycles. The average Bonchev–Trinajstić information content (AvgIpc) is 2.67. The van der Waals surface area contributed by atoms with E-state index in [4.69, 9.17) is 23.2 Å². The highest BCUT2D eigenvalue weighted by atomic mass is 35.5. The fraction of sp³-hybridized carbons (Fsp3) is 0.263. The van der Waals surface area contributed by atoms with E-state index in [2.05, 4.69) is 10.6 Å². The third-order valence-electron chi connectivity index (χ3n) is 3.93. The normalized spacial score (nSPS) is 12.2. The van der Waals surface area contributed by atoms with Crippen LogP contribution in [0.2, 0.25) is 10.0 Å². The molecule has 0 heterocycles. The number of halogens is 2. The van der Waals surface area contributed by atoms with Crippen molar-refractivity contribution in [2.45, 2.75) is 24.3 Å². The Labute approximate surface area is 174 Å². The van der Waals surface area contributed by atoms with Crippen LogP contribution in [0.25, 0.3) is 0 Å². The maximum atomic E-state index is 12.2. The molecule has 0 radical (unpaired) electrons. The highest BCUT2D eigenvalue weighted by molar-refractivity contribution is 7.91. The first-order valence-corrected chi connectivity index (χ1v) is 10.9. The van der Waals surface area contributed by atoms with Crippen molar-refractivity contribution in [3.8, 4) is 0 Å². The number of hydrogen-bond acceptors (Lipinski definition) is 4. The van der Waals surface area contributed by atoms with Crippen LogP contribution in [0.3, 0.4) is 0 Å². The molecule has 0 fully saturated rings. The second-order valence-electron chi connectivity index (χ2n) is 6.07. The average molecular weight is 443 g/mol. The van der Waals surface area contributed by atoms with Crippen LogP contribution in [0, 0.1) is 0 Å². The Balaban J connectivity index is 1.81. The third kappa shape index (κ3) is 5.95. The van der Waals surface area contributed by atoms with Crippen LogP contribution in [0.1, 0.15) is 23.7 Å². The van der Waals surface area contributed by atoms with E-state index in [-0.39, 0.29) is 39.2 Å². The zero-order chi connectivity index (χ0) is 20.7. The highest BCUT2D eigenvalue weighted by Gasteiger charge is 2.19. The van der Waals surface area contributed by atoms with Gasteiger partial charge in [0.1, 0.15) is 6.04 Å². The smallest absolute Gasteiger partial charge is 0.253 e. The second kappa shape index (κ2) is 9.91. The number of carbonyl (C=O) groups is 2. The summed E-state index contributed by atoms with van der Waals surface area (Å²) in [6, 6.07) is 11.9. The number of carbonyl (C=O) groups excluding carboxylic acids is 2. The molecule has 2 rings (SSSR count). The number of benzene rings is 2. The van der Waals surface area contributed by atoms with Crippen molar-refractivity contribution < 1.29 is 18.0 Å². The van der Waals surface area contributed by atoms with Gasteiger partial charge in [0.05, 0.1) is 26.3 Å². The van der Waals surface area contributed by atoms with Gasteiger partial charge in [-0.1, -0.05) is 47.5 Å². The molecule has 0 spiro atoms. The van der Waals surface area contributed by atoms with E-state index >= 15 is 0 Å². The van der Waals surface area contributed by atoms with E-state index in [9.17, 15) is 18.0 Å². The molecule has 0 bridgehead atoms. The largest absolute Gasteiger partial charge is 0.354 e. The second-order valence-corrected chi connectivity index (χ2v) is 8.97. The molecule has 1 unspecified atom stereocenters. The lowest BCUT2D eigenvalue weighted by Crippen LogP contribution is -2.45. The van der Waals surface area contributed by atoms with E-state index in [1.165, 1.54) is 25.1 Å². The molecule has 28 heavy (non-hydrogen) atoms. The van der Waals surface area contributed by atoms with E-state index in [0.717, 1.165) is 0 Å². The first-order chi connectivity index (χ1) is 13.2. The van der Waals surface area contributed by atoms with Crippen LogP contribution >= 0.6 is 23.2 Å². The van der Waals surface area contributed by atoms with Crippen LogP contribution in [-0.2, 0) is 14.6 Å². The summed E-state index contributed by atoms with van der Waals surface area (Å²) in [6.07, 6.45) is 0.254. The highest BCUT2D eigenvalue weighted by Crippen LogP contribution is 2.25. The molecular formula is C19H20Cl2N2O4S. The molecule has 0 aliphatic carbocycles. The van der Waals surface area contributed by atoms with Gasteiger partial charge >= 0.3 is 0 Å². The van der Waals surface area contributed by atoms with Gasteiger partial charge in [-0.15, -0.1) is 0 Å². The molecule has 2 aromatic rings. The molecule has 150 valence electrons. The summed E-state index contributed by atoms with van der Waals surface area (Å²) in [5.41, 5.74) is 0.169. The number of sulfone groups is 1. The minimum atomic E-state index is -3.39. The fourth-order valence-corrected chi connectivity index (χ4v) is 4.11. The third-order valence-corrected chi connectivity index (χ3v) is 6.56. The van der Waals surface area contributed by atoms with Gasteiger partial charge in [-0.2, -0.15) is 0 Å². The molecule has 9 heteroatoms. The number of nitrogens with one attached hydrogen (secondary N) is 2. The van der Waals surface area contributed by atoms with E-state index < -0.39 is 27.7 Å². The Bertz CT molecular complexity index is 950. The van der Waals surface area contributed by atoms with E-state index in [1.54, 1.807) is 30.3 Å². The molecule has 2 aromatic carbocycles. The monoisotopic (exact) mass is 442 g/mol. The molecule has 0 saturated heterocycles. The molecular weight excluding hydrogens is 423 g/mol. The molecule has 2 amide bonds. The summed E-state index contributed by atoms with van der Waals surface area (Å²) in [6.45, 7) is 1.69. The minimum absolute atomic E-state index is 0.0871. The molecule has 1 atom stereocenters. The number of amides is 2. The lowest BCUT2D eigenvalue weighted by atomic mass is 10.2. The van der Waals surface area contributed by atoms with Crippen molar-refractivity contribution in [2.24, 2.45) is 0 Å². The minimum Gasteiger partial charge on any atom is -0.354 e. The number of hydrogen-bond donors (Lipinski definition) is 2. The van der Waals surface area contributed by atoms with Crippen molar-refractivity contribution in [3.05, 3.63) is 64.1 Å². The lowest BCUT2D eigenvalue weighted by molar-refractivity contribution is -0.122. The van der Waals surface area contributed by atoms with Crippen molar-refractivity contribution in [1.82, 2.24) is 10.6 Å². The summed E-state index contributed by atoms with van der Waals surface area (Å²) in [7, 11) is -3.39. The van der Waals surface area contributed by atoms with Crippen LogP contribution in [0.4, 0.5) is 0 Å². The van der Waals surface area contributed by atoms with Gasteiger partial charge in [-0.25, -0.2) is 8.42 Å². The zero-order valence-corrected chi connectivity index (χ0v) is 17.4. The van der Waals surface area contributed by atoms with Crippen molar-refractivity contribution in [1.29, 1.82) is 0 Å². The van der Waals surface area contributed by atoms with Gasteiger partial charge in [0, 0.05) is 6.54 Å². The van der Waals surface area contributed by atoms with Crippen LogP contribution in [0.5, 0.6) is 0 Å². The Morgan fingerprint density at radius 1 is 1.04 bits per heavy atom. The van der Waals surface area contributed by atoms with Gasteiger partial charge in [0.2, 0.25) is 5.91 Å². The van der Waals surface area contributed by atoms with Crippen LogP contribution in [-0.4, -0.2) is 38.6 Å². The molecule has 0 saturated carbocycles. The fourth-order valence-electron chi connectivity index (χ4n) is 2.39. The summed E-state index contributed by atoms with van der Waals surface area (Å²) in [5.74, 6) is -1.04. The van der Waals surface area contributed by atoms with E-state index in [1.807, 2.05) is 0 Å². The standard InChI is InChI=1S/C19H20Cl2N2O4S/c1-13(23-19(25)15-9-5-10-16(20)17(15)21)18(24)22-11-6-12-28(26,27)14-7-3-2-4-8-14/h2-5,7-10,13H,6,11-12H2,1H3,(H,22,24)(H,23,25). The molecule has 2 N–H and O–H groups in total. The van der Waals surface area contributed by atoms with Crippen molar-refractivity contribution in [3.63, 3.8) is 0 Å². The molecule has 0 aromatic heterocycles. The van der Waals surface area contributed by atoms with Crippen molar-refractivity contribution in [2.75, 3.05) is 12.3 Å². The van der Waals surface area contributed by atoms with Gasteiger partial charge in [-0.05, 0) is 37.6 Å². The van der Waals surface area contributed by atoms with Gasteiger partial charge in [0.15, 0.2) is 9.84 Å². The summed E-state index contributed by atoms with van der Waals surface area (Å²) in [4.78, 5) is 24.6. The summed E-state index contributed by atoms with van der Waals surface area (Å²) < 4.78 is 24.4. The quantitative estimate of drug-likeness (QED) is 0.614. The van der Waals surface area contributed by atoms with Crippen LogP contribution < -0.4 is 10.6 Å². The Morgan fingerprint density at radius 2 is 1.71 bits per heavy atom. The number of rotatable bonds is 8. The van der Waals surface area contributed by atoms with Gasteiger partial charge in [0.25, 0.3) is 5.91 Å². The Hall–Kier alpha value is -2.09. The first kappa shape index (κ1) is 22.2. The maximum absolute atomic E-state index is 12.2. The van der Waals surface area contributed by atoms with Crippen molar-refractivity contribution >= 4 is 44.9 Å². The lowest BCUT2D eigenvalue weighted by Gasteiger charge is -2.15. The zero-order valence-electron chi connectivity index (χ0n) is 15.1.